The number of nitrogens with zero attached hydrogens (tertiary/aromatic N) is 1. The first kappa shape index (κ1) is 26.7. The van der Waals surface area contributed by atoms with Crippen molar-refractivity contribution in [3.05, 3.63) is 85.3 Å². The van der Waals surface area contributed by atoms with Gasteiger partial charge in [0.05, 0.1) is 24.4 Å². The normalized spacial score (nSPS) is 12.1. The molecule has 1 aromatic heterocycles. The van der Waals surface area contributed by atoms with Gasteiger partial charge in [-0.25, -0.2) is 0 Å². The number of para-hydroxylation sites is 2. The molecular formula is C22H19CrNO5. The molecule has 0 spiro atoms. The van der Waals surface area contributed by atoms with Crippen molar-refractivity contribution < 1.29 is 40.8 Å². The Morgan fingerprint density at radius 1 is 0.862 bits per heavy atom. The van der Waals surface area contributed by atoms with Crippen LogP contribution in [0.3, 0.4) is 0 Å². The smallest absolute Gasteiger partial charge is 0 e. The summed E-state index contributed by atoms with van der Waals surface area (Å²) in [4.78, 5) is 0. The first-order valence-corrected chi connectivity index (χ1v) is 8.27. The van der Waals surface area contributed by atoms with Crippen LogP contribution in [-0.2, 0) is 40.8 Å². The molecule has 0 radical (unpaired) electrons. The van der Waals surface area contributed by atoms with Gasteiger partial charge in [0, 0.05) is 34.0 Å². The first-order chi connectivity index (χ1) is 13.8. The number of fused-ring (bicyclic) bond motifs is 1. The second kappa shape index (κ2) is 13.8. The summed E-state index contributed by atoms with van der Waals surface area (Å²) in [7, 11) is 0. The van der Waals surface area contributed by atoms with Crippen LogP contribution in [0.5, 0.6) is 0 Å². The molecule has 148 valence electrons. The molecule has 0 aliphatic carbocycles. The number of ether oxygens (including phenoxy) is 2. The molecule has 29 heavy (non-hydrogen) atoms. The molecule has 2 aromatic carbocycles. The van der Waals surface area contributed by atoms with Gasteiger partial charge in [-0.3, -0.25) is 0 Å². The molecule has 0 atom stereocenters. The molecule has 3 aromatic rings. The van der Waals surface area contributed by atoms with Crippen LogP contribution >= 0.6 is 0 Å². The number of rotatable bonds is 2. The molecule has 1 fully saturated rings. The molecule has 1 aliphatic heterocycles. The summed E-state index contributed by atoms with van der Waals surface area (Å²) >= 11 is 0. The van der Waals surface area contributed by atoms with Gasteiger partial charge in [-0.05, 0) is 31.5 Å². The summed E-state index contributed by atoms with van der Waals surface area (Å²) in [5, 5.41) is 1.25. The average molecular weight is 429 g/mol. The molecule has 1 saturated heterocycles. The zero-order valence-electron chi connectivity index (χ0n) is 16.0. The maximum Gasteiger partial charge on any atom is 0 e. The zero-order valence-corrected chi connectivity index (χ0v) is 17.3. The molecule has 0 unspecified atom stereocenters. The van der Waals surface area contributed by atoms with Gasteiger partial charge in [-0.2, -0.15) is 0 Å². The zero-order chi connectivity index (χ0) is 21.1. The molecule has 6 nitrogen and oxygen atoms in total. The van der Waals surface area contributed by atoms with Crippen molar-refractivity contribution in [3.63, 3.8) is 0 Å². The predicted octanol–water partition coefficient (Wildman–Crippen LogP) is 4.18. The molecule has 0 saturated carbocycles. The van der Waals surface area contributed by atoms with E-state index >= 15 is 0 Å². The quantitative estimate of drug-likeness (QED) is 0.452. The summed E-state index contributed by atoms with van der Waals surface area (Å²) in [6.07, 6.45) is -0.268. The Hall–Kier alpha value is -2.35. The van der Waals surface area contributed by atoms with Gasteiger partial charge in [0.25, 0.3) is 0 Å². The van der Waals surface area contributed by atoms with Crippen molar-refractivity contribution in [1.29, 1.82) is 0 Å². The van der Waals surface area contributed by atoms with E-state index in [1.54, 1.807) is 0 Å². The molecule has 1 aliphatic rings. The molecule has 4 rings (SSSR count). The van der Waals surface area contributed by atoms with Crippen LogP contribution in [0.1, 0.15) is 23.1 Å². The minimum atomic E-state index is -0.268. The Morgan fingerprint density at radius 2 is 1.45 bits per heavy atom. The fourth-order valence-corrected chi connectivity index (χ4v) is 3.30. The Bertz CT molecular complexity index is 954. The maximum absolute atomic E-state index is 7.50. The van der Waals surface area contributed by atoms with Gasteiger partial charge in [0.2, 0.25) is 0 Å². The van der Waals surface area contributed by atoms with Gasteiger partial charge in [0.1, 0.15) is 0 Å². The van der Waals surface area contributed by atoms with Gasteiger partial charge in [-0.15, -0.1) is 0 Å². The van der Waals surface area contributed by atoms with Crippen LogP contribution < -0.4 is 0 Å². The topological polar surface area (TPSA) is 83.1 Å². The van der Waals surface area contributed by atoms with Crippen molar-refractivity contribution >= 4 is 10.9 Å². The SMILES string of the molecule is Cc1cccc(C2OCCO2)c1-n1c(C)cc2ccccc21.[C-]#[O+].[C-]#[O+].[C-]#[O+].[Cr]. The van der Waals surface area contributed by atoms with E-state index in [1.807, 2.05) is 0 Å². The fourth-order valence-electron chi connectivity index (χ4n) is 3.30. The van der Waals surface area contributed by atoms with E-state index in [-0.39, 0.29) is 23.7 Å². The first-order valence-electron chi connectivity index (χ1n) is 8.27. The van der Waals surface area contributed by atoms with E-state index in [0.717, 1.165) is 5.56 Å². The fraction of sp³-hybridized carbons (Fsp3) is 0.227. The van der Waals surface area contributed by atoms with Crippen molar-refractivity contribution in [1.82, 2.24) is 4.57 Å². The molecule has 2 heterocycles. The molecule has 7 heteroatoms. The van der Waals surface area contributed by atoms with E-state index in [2.05, 4.69) is 86.9 Å². The van der Waals surface area contributed by atoms with Crippen molar-refractivity contribution in [2.75, 3.05) is 13.2 Å². The van der Waals surface area contributed by atoms with Crippen LogP contribution in [0.4, 0.5) is 0 Å². The van der Waals surface area contributed by atoms with Crippen molar-refractivity contribution in [2.24, 2.45) is 0 Å². The number of benzene rings is 2. The van der Waals surface area contributed by atoms with E-state index in [9.17, 15) is 0 Å². The third-order valence-electron chi connectivity index (χ3n) is 4.26. The second-order valence-electron chi connectivity index (χ2n) is 5.77. The Kier molecular flexibility index (Phi) is 12.7. The molecule has 0 amide bonds. The number of aromatic nitrogens is 1. The summed E-state index contributed by atoms with van der Waals surface area (Å²) in [6, 6.07) is 17.0. The van der Waals surface area contributed by atoms with Gasteiger partial charge in [0.15, 0.2) is 6.29 Å². The minimum absolute atomic E-state index is 0. The van der Waals surface area contributed by atoms with E-state index < -0.39 is 0 Å². The van der Waals surface area contributed by atoms with E-state index in [0.29, 0.717) is 13.2 Å². The number of aryl methyl sites for hydroxylation is 2. The van der Waals surface area contributed by atoms with Gasteiger partial charge in [-0.1, -0.05) is 36.4 Å². The largest absolute Gasteiger partial charge is 0 e. The Morgan fingerprint density at radius 3 is 2.07 bits per heavy atom. The molecular weight excluding hydrogens is 410 g/mol. The summed E-state index contributed by atoms with van der Waals surface area (Å²) in [5.74, 6) is 0. The minimum Gasteiger partial charge on any atom is 0 e. The maximum atomic E-state index is 7.50. The number of hydrogen-bond acceptors (Lipinski definition) is 2. The Labute approximate surface area is 180 Å². The van der Waals surface area contributed by atoms with Crippen LogP contribution in [0.2, 0.25) is 0 Å². The molecule has 0 bridgehead atoms. The van der Waals surface area contributed by atoms with Gasteiger partial charge >= 0.3 is 33.9 Å². The summed E-state index contributed by atoms with van der Waals surface area (Å²) < 4.78 is 36.3. The summed E-state index contributed by atoms with van der Waals surface area (Å²) in [6.45, 7) is 19.1. The van der Waals surface area contributed by atoms with Crippen molar-refractivity contribution in [2.45, 2.75) is 20.1 Å². The third-order valence-corrected chi connectivity index (χ3v) is 4.26. The van der Waals surface area contributed by atoms with Crippen LogP contribution in [0.15, 0.2) is 48.5 Å². The monoisotopic (exact) mass is 429 g/mol. The average Bonchev–Trinajstić information content (AvgIpc) is 3.40. The number of hydrogen-bond donors (Lipinski definition) is 0. The van der Waals surface area contributed by atoms with Crippen LogP contribution in [0, 0.1) is 33.8 Å². The third kappa shape index (κ3) is 5.82. The second-order valence-corrected chi connectivity index (χ2v) is 5.77. The van der Waals surface area contributed by atoms with Crippen molar-refractivity contribution in [3.8, 4) is 5.69 Å². The van der Waals surface area contributed by atoms with Gasteiger partial charge < -0.3 is 14.0 Å². The summed E-state index contributed by atoms with van der Waals surface area (Å²) in [5.41, 5.74) is 5.93. The van der Waals surface area contributed by atoms with Crippen LogP contribution in [-0.4, -0.2) is 17.8 Å². The van der Waals surface area contributed by atoms with E-state index in [4.69, 9.17) is 23.4 Å². The molecule has 0 N–H and O–H groups in total. The van der Waals surface area contributed by atoms with E-state index in [1.165, 1.54) is 27.8 Å². The van der Waals surface area contributed by atoms with Crippen LogP contribution in [0.25, 0.3) is 16.6 Å². The predicted molar refractivity (Wildman–Crippen MR) is 99.2 cm³/mol. The Balaban J connectivity index is 0.00000103. The standard InChI is InChI=1S/C19H19NO2.3CO.Cr/c1-13-6-5-8-16(19-21-10-11-22-19)18(13)20-14(2)12-15-7-3-4-9-17(15)20;3*1-2;/h3-9,12,19H,10-11H2,1-2H3;;;;.